The molecular weight excluding hydrogens is 404 g/mol. The molecule has 0 aliphatic heterocycles. The average Bonchev–Trinajstić information content (AvgIpc) is 2.66. The van der Waals surface area contributed by atoms with Crippen molar-refractivity contribution in [1.82, 2.24) is 0 Å². The van der Waals surface area contributed by atoms with Crippen LogP contribution < -0.4 is 0 Å². The summed E-state index contributed by atoms with van der Waals surface area (Å²) >= 11 is 0. The van der Waals surface area contributed by atoms with Gasteiger partial charge in [0.1, 0.15) is 9.79 Å². The van der Waals surface area contributed by atoms with Gasteiger partial charge in [0.2, 0.25) is 0 Å². The molecule has 2 rings (SSSR count). The van der Waals surface area contributed by atoms with Crippen molar-refractivity contribution in [2.75, 3.05) is 13.2 Å². The molecule has 28 heavy (non-hydrogen) atoms. The number of benzene rings is 2. The topological polar surface area (TPSA) is 104 Å². The first-order valence-electron chi connectivity index (χ1n) is 9.08. The lowest BCUT2D eigenvalue weighted by Gasteiger charge is -2.15. The van der Waals surface area contributed by atoms with Crippen molar-refractivity contribution in [3.05, 3.63) is 35.9 Å². The fourth-order valence-corrected chi connectivity index (χ4v) is 5.53. The van der Waals surface area contributed by atoms with E-state index in [1.807, 2.05) is 13.8 Å². The van der Waals surface area contributed by atoms with Crippen LogP contribution in [0, 0.1) is 0 Å². The van der Waals surface area contributed by atoms with Gasteiger partial charge in [-0.25, -0.2) is 0 Å². The van der Waals surface area contributed by atoms with E-state index in [4.69, 9.17) is 8.37 Å². The van der Waals surface area contributed by atoms with Crippen molar-refractivity contribution in [1.29, 1.82) is 0 Å². The summed E-state index contributed by atoms with van der Waals surface area (Å²) in [6.07, 6.45) is 2.90. The monoisotopic (exact) mass is 428 g/mol. The van der Waals surface area contributed by atoms with Gasteiger partial charge in [-0.1, -0.05) is 51.0 Å². The smallest absolute Gasteiger partial charge is 0.298 e. The van der Waals surface area contributed by atoms with Crippen LogP contribution in [-0.4, -0.2) is 36.3 Å². The predicted molar refractivity (Wildman–Crippen MR) is 105 cm³/mol. The molecule has 9 heteroatoms. The van der Waals surface area contributed by atoms with Crippen LogP contribution in [0.25, 0.3) is 10.8 Å². The molecule has 0 radical (unpaired) electrons. The van der Waals surface area contributed by atoms with Crippen molar-refractivity contribution in [2.45, 2.75) is 49.3 Å². The summed E-state index contributed by atoms with van der Waals surface area (Å²) in [7, 11) is -8.82. The molecule has 0 spiro atoms. The average molecular weight is 429 g/mol. The fourth-order valence-electron chi connectivity index (χ4n) is 2.64. The van der Waals surface area contributed by atoms with Crippen molar-refractivity contribution in [3.8, 4) is 0 Å². The Labute approximate surface area is 165 Å². The molecule has 0 saturated heterocycles. The van der Waals surface area contributed by atoms with Gasteiger partial charge >= 0.3 is 0 Å². The number of hydrogen-bond acceptors (Lipinski definition) is 7. The summed E-state index contributed by atoms with van der Waals surface area (Å²) < 4.78 is 61.4. The summed E-state index contributed by atoms with van der Waals surface area (Å²) in [6.45, 7) is 3.59. The van der Waals surface area contributed by atoms with Gasteiger partial charge in [0.05, 0.1) is 13.2 Å². The van der Waals surface area contributed by atoms with E-state index in [1.54, 1.807) is 18.2 Å². The molecule has 0 fully saturated rings. The molecule has 0 amide bonds. The molecule has 0 unspecified atom stereocenters. The van der Waals surface area contributed by atoms with Gasteiger partial charge in [0.15, 0.2) is 6.29 Å². The largest absolute Gasteiger partial charge is 0.299 e. The third-order valence-corrected chi connectivity index (χ3v) is 7.00. The van der Waals surface area contributed by atoms with Crippen LogP contribution in [0.15, 0.2) is 40.1 Å². The second-order valence-electron chi connectivity index (χ2n) is 6.22. The van der Waals surface area contributed by atoms with Crippen LogP contribution in [-0.2, 0) is 28.6 Å². The molecule has 0 N–H and O–H groups in total. The fraction of sp³-hybridized carbons (Fsp3) is 0.421. The number of unbranched alkanes of at least 4 members (excludes halogenated alkanes) is 2. The third kappa shape index (κ3) is 4.96. The minimum atomic E-state index is -4.42. The first kappa shape index (κ1) is 22.5. The maximum absolute atomic E-state index is 12.9. The zero-order chi connectivity index (χ0) is 20.8. The Morgan fingerprint density at radius 2 is 1.39 bits per heavy atom. The molecule has 0 aromatic heterocycles. The van der Waals surface area contributed by atoms with Crippen molar-refractivity contribution in [2.24, 2.45) is 0 Å². The van der Waals surface area contributed by atoms with Crippen LogP contribution in [0.2, 0.25) is 0 Å². The highest BCUT2D eigenvalue weighted by atomic mass is 32.2. The predicted octanol–water partition coefficient (Wildman–Crippen LogP) is 3.66. The maximum atomic E-state index is 12.9. The summed E-state index contributed by atoms with van der Waals surface area (Å²) in [4.78, 5) is 10.4. The summed E-state index contributed by atoms with van der Waals surface area (Å²) in [5.41, 5.74) is 0.0563. The number of carbonyl (C=O) groups is 1. The van der Waals surface area contributed by atoms with E-state index in [9.17, 15) is 21.6 Å². The Kier molecular flexibility index (Phi) is 7.70. The molecular formula is C19H24O7S2. The normalized spacial score (nSPS) is 12.4. The maximum Gasteiger partial charge on any atom is 0.299 e. The number of fused-ring (bicyclic) bond motifs is 1. The van der Waals surface area contributed by atoms with Crippen LogP contribution in [0.5, 0.6) is 0 Å². The molecule has 0 saturated carbocycles. The lowest BCUT2D eigenvalue weighted by atomic mass is 10.1. The standard InChI is InChI=1S/C19H24O7S2/c1-3-5-11-25-27(21,22)18-13-15(14-20)16-9-7-8-10-17(16)19(18)28(23,24)26-12-6-4-2/h7-10,13-14H,3-6,11-12H2,1-2H3. The zero-order valence-corrected chi connectivity index (χ0v) is 17.5. The number of hydrogen-bond donors (Lipinski definition) is 0. The van der Waals surface area contributed by atoms with Gasteiger partial charge in [-0.3, -0.25) is 13.2 Å². The Bertz CT molecular complexity index is 1040. The van der Waals surface area contributed by atoms with Gasteiger partial charge in [-0.15, -0.1) is 0 Å². The van der Waals surface area contributed by atoms with Gasteiger partial charge in [0, 0.05) is 10.9 Å². The molecule has 0 heterocycles. The highest BCUT2D eigenvalue weighted by Gasteiger charge is 2.31. The van der Waals surface area contributed by atoms with E-state index in [0.29, 0.717) is 37.4 Å². The van der Waals surface area contributed by atoms with Gasteiger partial charge in [-0.05, 0) is 24.3 Å². The first-order chi connectivity index (χ1) is 13.3. The Balaban J connectivity index is 2.76. The number of rotatable bonds is 11. The highest BCUT2D eigenvalue weighted by Crippen LogP contribution is 2.34. The zero-order valence-electron chi connectivity index (χ0n) is 15.9. The van der Waals surface area contributed by atoms with E-state index >= 15 is 0 Å². The van der Waals surface area contributed by atoms with Gasteiger partial charge in [-0.2, -0.15) is 16.8 Å². The minimum Gasteiger partial charge on any atom is -0.298 e. The number of aldehydes is 1. The van der Waals surface area contributed by atoms with Gasteiger partial charge in [0.25, 0.3) is 20.2 Å². The SMILES string of the molecule is CCCCOS(=O)(=O)c1cc(C=O)c2ccccc2c1S(=O)(=O)OCCCC. The molecule has 2 aromatic carbocycles. The second kappa shape index (κ2) is 9.60. The second-order valence-corrected chi connectivity index (χ2v) is 9.35. The molecule has 0 bridgehead atoms. The van der Waals surface area contributed by atoms with E-state index in [-0.39, 0.29) is 24.2 Å². The summed E-state index contributed by atoms with van der Waals surface area (Å²) in [5.74, 6) is 0. The molecule has 2 aromatic rings. The third-order valence-electron chi connectivity index (χ3n) is 4.11. The van der Waals surface area contributed by atoms with Crippen molar-refractivity contribution >= 4 is 37.3 Å². The Morgan fingerprint density at radius 1 is 0.857 bits per heavy atom. The van der Waals surface area contributed by atoms with E-state index in [2.05, 4.69) is 0 Å². The van der Waals surface area contributed by atoms with Crippen molar-refractivity contribution in [3.63, 3.8) is 0 Å². The van der Waals surface area contributed by atoms with E-state index in [1.165, 1.54) is 6.07 Å². The van der Waals surface area contributed by atoms with Crippen LogP contribution >= 0.6 is 0 Å². The van der Waals surface area contributed by atoms with Crippen LogP contribution in [0.4, 0.5) is 0 Å². The van der Waals surface area contributed by atoms with E-state index < -0.39 is 30.0 Å². The lowest BCUT2D eigenvalue weighted by molar-refractivity contribution is 0.112. The van der Waals surface area contributed by atoms with Gasteiger partial charge < -0.3 is 0 Å². The van der Waals surface area contributed by atoms with Crippen molar-refractivity contribution < 1.29 is 30.0 Å². The summed E-state index contributed by atoms with van der Waals surface area (Å²) in [6, 6.07) is 7.24. The van der Waals surface area contributed by atoms with Crippen LogP contribution in [0.1, 0.15) is 49.9 Å². The first-order valence-corrected chi connectivity index (χ1v) is 11.9. The summed E-state index contributed by atoms with van der Waals surface area (Å²) in [5, 5.41) is 0.420. The van der Waals surface area contributed by atoms with E-state index in [0.717, 1.165) is 6.07 Å². The highest BCUT2D eigenvalue weighted by molar-refractivity contribution is 7.90. The molecule has 0 atom stereocenters. The number of carbonyl (C=O) groups excluding carboxylic acids is 1. The molecule has 0 aliphatic carbocycles. The lowest BCUT2D eigenvalue weighted by Crippen LogP contribution is -2.16. The minimum absolute atomic E-state index is 0.0563. The molecule has 0 aliphatic rings. The quantitative estimate of drug-likeness (QED) is 0.305. The van der Waals surface area contributed by atoms with Crippen LogP contribution in [0.3, 0.4) is 0 Å². The Morgan fingerprint density at radius 3 is 1.93 bits per heavy atom. The molecule has 7 nitrogen and oxygen atoms in total. The Hall–Kier alpha value is -1.81. The molecule has 154 valence electrons.